The minimum Gasteiger partial charge on any atom is -0.385 e. The molecule has 0 bridgehead atoms. The van der Waals surface area contributed by atoms with E-state index in [1.54, 1.807) is 7.11 Å². The molecule has 0 aromatic heterocycles. The van der Waals surface area contributed by atoms with Gasteiger partial charge in [-0.25, -0.2) is 0 Å². The number of ether oxygens (including phenoxy) is 1. The fourth-order valence-corrected chi connectivity index (χ4v) is 1.11. The fourth-order valence-electron chi connectivity index (χ4n) is 1.11. The summed E-state index contributed by atoms with van der Waals surface area (Å²) in [7, 11) is 1.70. The van der Waals surface area contributed by atoms with Crippen LogP contribution >= 0.6 is 0 Å². The molecule has 1 atom stereocenters. The lowest BCUT2D eigenvalue weighted by atomic mass is 10.2. The summed E-state index contributed by atoms with van der Waals surface area (Å²) >= 11 is 0. The van der Waals surface area contributed by atoms with E-state index in [0.717, 1.165) is 19.6 Å². The van der Waals surface area contributed by atoms with Crippen LogP contribution in [0, 0.1) is 0 Å². The summed E-state index contributed by atoms with van der Waals surface area (Å²) in [5.41, 5.74) is 0. The van der Waals surface area contributed by atoms with Crippen LogP contribution in [0.15, 0.2) is 0 Å². The third-order valence-corrected chi connectivity index (χ3v) is 1.97. The highest BCUT2D eigenvalue weighted by Gasteiger charge is 2.02. The molecule has 0 saturated heterocycles. The van der Waals surface area contributed by atoms with Gasteiger partial charge in [-0.2, -0.15) is 0 Å². The van der Waals surface area contributed by atoms with Crippen molar-refractivity contribution in [1.29, 1.82) is 0 Å². The number of hydrogen-bond donors (Lipinski definition) is 2. The van der Waals surface area contributed by atoms with Crippen molar-refractivity contribution in [3.63, 3.8) is 0 Å². The first-order valence-corrected chi connectivity index (χ1v) is 5.19. The molecule has 4 heteroatoms. The molecule has 0 fully saturated rings. The molecule has 2 N–H and O–H groups in total. The van der Waals surface area contributed by atoms with Crippen molar-refractivity contribution in [3.8, 4) is 0 Å². The van der Waals surface area contributed by atoms with E-state index in [-0.39, 0.29) is 5.91 Å². The number of carbonyl (C=O) groups excluding carboxylic acids is 1. The predicted octanol–water partition coefficient (Wildman–Crippen LogP) is 0.527. The molecule has 14 heavy (non-hydrogen) atoms. The highest BCUT2D eigenvalue weighted by molar-refractivity contribution is 5.75. The minimum absolute atomic E-state index is 0.110. The smallest absolute Gasteiger partial charge is 0.221 e. The van der Waals surface area contributed by atoms with Gasteiger partial charge in [0.15, 0.2) is 0 Å². The topological polar surface area (TPSA) is 50.4 Å². The number of rotatable bonds is 8. The summed E-state index contributed by atoms with van der Waals surface area (Å²) in [4.78, 5) is 11.1. The Hall–Kier alpha value is -0.610. The zero-order valence-corrected chi connectivity index (χ0v) is 9.43. The van der Waals surface area contributed by atoms with E-state index < -0.39 is 0 Å². The molecule has 1 unspecified atom stereocenters. The molecule has 4 nitrogen and oxygen atoms in total. The van der Waals surface area contributed by atoms with Gasteiger partial charge in [0.2, 0.25) is 5.91 Å². The van der Waals surface area contributed by atoms with Crippen molar-refractivity contribution in [2.45, 2.75) is 32.7 Å². The van der Waals surface area contributed by atoms with Gasteiger partial charge in [0.1, 0.15) is 0 Å². The van der Waals surface area contributed by atoms with Gasteiger partial charge < -0.3 is 15.4 Å². The molecule has 84 valence electrons. The monoisotopic (exact) mass is 202 g/mol. The molecule has 0 saturated carbocycles. The van der Waals surface area contributed by atoms with Crippen molar-refractivity contribution in [2.75, 3.05) is 26.8 Å². The molecule has 0 aliphatic rings. The summed E-state index contributed by atoms with van der Waals surface area (Å²) in [5, 5.41) is 6.02. The third-order valence-electron chi connectivity index (χ3n) is 1.97. The van der Waals surface area contributed by atoms with E-state index in [2.05, 4.69) is 17.6 Å². The molecule has 0 aromatic carbocycles. The third kappa shape index (κ3) is 8.01. The van der Waals surface area contributed by atoms with E-state index >= 15 is 0 Å². The Morgan fingerprint density at radius 2 is 2.21 bits per heavy atom. The van der Waals surface area contributed by atoms with Crippen LogP contribution in [0.4, 0.5) is 0 Å². The van der Waals surface area contributed by atoms with Crippen molar-refractivity contribution in [3.05, 3.63) is 0 Å². The average Bonchev–Trinajstić information content (AvgIpc) is 2.15. The Balaban J connectivity index is 3.29. The Labute approximate surface area is 86.4 Å². The normalized spacial score (nSPS) is 12.5. The summed E-state index contributed by atoms with van der Waals surface area (Å²) in [5.74, 6) is 0.110. The van der Waals surface area contributed by atoms with Crippen LogP contribution in [-0.4, -0.2) is 38.8 Å². The van der Waals surface area contributed by atoms with Crippen molar-refractivity contribution in [2.24, 2.45) is 0 Å². The quantitative estimate of drug-likeness (QED) is 0.603. The molecule has 0 spiro atoms. The molecule has 0 radical (unpaired) electrons. The van der Waals surface area contributed by atoms with Crippen molar-refractivity contribution in [1.82, 2.24) is 10.6 Å². The Bertz CT molecular complexity index is 151. The predicted molar refractivity (Wildman–Crippen MR) is 57.3 cm³/mol. The van der Waals surface area contributed by atoms with Gasteiger partial charge >= 0.3 is 0 Å². The summed E-state index contributed by atoms with van der Waals surface area (Å²) < 4.78 is 4.96. The van der Waals surface area contributed by atoms with Crippen LogP contribution in [-0.2, 0) is 9.53 Å². The molecule has 0 aliphatic heterocycles. The molecule has 0 rings (SSSR count). The number of nitrogens with one attached hydrogen (secondary N) is 2. The highest BCUT2D eigenvalue weighted by atomic mass is 16.5. The maximum absolute atomic E-state index is 11.1. The van der Waals surface area contributed by atoms with Crippen LogP contribution in [0.3, 0.4) is 0 Å². The maximum atomic E-state index is 11.1. The molecule has 0 aliphatic carbocycles. The van der Waals surface area contributed by atoms with Crippen LogP contribution in [0.1, 0.15) is 26.7 Å². The molecular weight excluding hydrogens is 180 g/mol. The lowest BCUT2D eigenvalue weighted by Crippen LogP contribution is -2.32. The summed E-state index contributed by atoms with van der Waals surface area (Å²) in [6.07, 6.45) is 1.52. The van der Waals surface area contributed by atoms with E-state index in [4.69, 9.17) is 4.74 Å². The highest BCUT2D eigenvalue weighted by Crippen LogP contribution is 1.90. The lowest BCUT2D eigenvalue weighted by molar-refractivity contribution is -0.120. The van der Waals surface area contributed by atoms with E-state index in [0.29, 0.717) is 19.0 Å². The van der Waals surface area contributed by atoms with Gasteiger partial charge in [0.05, 0.1) is 0 Å². The SMILES string of the molecule is CCNC(=O)CCNC(C)CCOC. The number of carbonyl (C=O) groups is 1. The largest absolute Gasteiger partial charge is 0.385 e. The van der Waals surface area contributed by atoms with Crippen LogP contribution in [0.2, 0.25) is 0 Å². The molecule has 0 heterocycles. The number of methoxy groups -OCH3 is 1. The van der Waals surface area contributed by atoms with Gasteiger partial charge in [-0.3, -0.25) is 4.79 Å². The van der Waals surface area contributed by atoms with E-state index in [1.807, 2.05) is 6.92 Å². The van der Waals surface area contributed by atoms with Gasteiger partial charge in [-0.15, -0.1) is 0 Å². The van der Waals surface area contributed by atoms with Crippen molar-refractivity contribution < 1.29 is 9.53 Å². The Morgan fingerprint density at radius 1 is 1.50 bits per heavy atom. The standard InChI is InChI=1S/C10H22N2O2/c1-4-11-10(13)5-7-12-9(2)6-8-14-3/h9,12H,4-8H2,1-3H3,(H,11,13). The van der Waals surface area contributed by atoms with Crippen LogP contribution in [0.5, 0.6) is 0 Å². The van der Waals surface area contributed by atoms with Crippen LogP contribution in [0.25, 0.3) is 0 Å². The van der Waals surface area contributed by atoms with Crippen LogP contribution < -0.4 is 10.6 Å². The molecular formula is C10H22N2O2. The van der Waals surface area contributed by atoms with Gasteiger partial charge in [0.25, 0.3) is 0 Å². The van der Waals surface area contributed by atoms with E-state index in [9.17, 15) is 4.79 Å². The first-order valence-electron chi connectivity index (χ1n) is 5.19. The molecule has 0 aromatic rings. The first kappa shape index (κ1) is 13.4. The van der Waals surface area contributed by atoms with Gasteiger partial charge in [0, 0.05) is 39.3 Å². The van der Waals surface area contributed by atoms with E-state index in [1.165, 1.54) is 0 Å². The summed E-state index contributed by atoms with van der Waals surface area (Å²) in [6.45, 7) is 6.22. The second-order valence-corrected chi connectivity index (χ2v) is 3.34. The lowest BCUT2D eigenvalue weighted by Gasteiger charge is -2.12. The Kier molecular flexibility index (Phi) is 8.57. The number of hydrogen-bond acceptors (Lipinski definition) is 3. The fraction of sp³-hybridized carbons (Fsp3) is 0.900. The first-order chi connectivity index (χ1) is 6.70. The second kappa shape index (κ2) is 8.97. The minimum atomic E-state index is 0.110. The molecule has 1 amide bonds. The Morgan fingerprint density at radius 3 is 2.79 bits per heavy atom. The second-order valence-electron chi connectivity index (χ2n) is 3.34. The zero-order valence-electron chi connectivity index (χ0n) is 9.43. The van der Waals surface area contributed by atoms with Gasteiger partial charge in [-0.1, -0.05) is 0 Å². The zero-order chi connectivity index (χ0) is 10.8. The van der Waals surface area contributed by atoms with Crippen molar-refractivity contribution >= 4 is 5.91 Å². The average molecular weight is 202 g/mol. The maximum Gasteiger partial charge on any atom is 0.221 e. The number of amides is 1. The summed E-state index contributed by atoms with van der Waals surface area (Å²) in [6, 6.07) is 0.407. The van der Waals surface area contributed by atoms with Gasteiger partial charge in [-0.05, 0) is 20.3 Å².